The lowest BCUT2D eigenvalue weighted by atomic mass is 10.0. The van der Waals surface area contributed by atoms with E-state index in [1.54, 1.807) is 25.4 Å². The van der Waals surface area contributed by atoms with Crippen LogP contribution < -0.4 is 10.6 Å². The number of aromatic amines is 1. The molecule has 3 aromatic heterocycles. The van der Waals surface area contributed by atoms with E-state index < -0.39 is 6.09 Å². The number of H-pyrrole nitrogens is 1. The molecule has 0 radical (unpaired) electrons. The summed E-state index contributed by atoms with van der Waals surface area (Å²) >= 11 is 0. The molecule has 0 aliphatic carbocycles. The number of rotatable bonds is 6. The highest BCUT2D eigenvalue weighted by Gasteiger charge is 2.16. The molecule has 1 fully saturated rings. The van der Waals surface area contributed by atoms with Gasteiger partial charge < -0.3 is 15.0 Å². The molecule has 0 unspecified atom stereocenters. The van der Waals surface area contributed by atoms with Gasteiger partial charge >= 0.3 is 6.09 Å². The van der Waals surface area contributed by atoms with Crippen molar-refractivity contribution < 1.29 is 9.53 Å². The van der Waals surface area contributed by atoms with E-state index in [0.29, 0.717) is 17.3 Å². The summed E-state index contributed by atoms with van der Waals surface area (Å²) in [5, 5.41) is 6.00. The fourth-order valence-corrected chi connectivity index (χ4v) is 4.00. The van der Waals surface area contributed by atoms with Gasteiger partial charge in [-0.05, 0) is 36.8 Å². The standard InChI is InChI=1S/C24H26N8O2/c1-2-34-24(33)31-23-29-20-13-17(12-19(21(20)30-23)22-26-6-3-7-27-22)16-4-5-18(28-14-16)15-32-10-8-25-9-11-32/h3-7,12-14,25H,2,8-11,15H2,1H3,(H2,29,30,31,33). The van der Waals surface area contributed by atoms with E-state index >= 15 is 0 Å². The molecule has 174 valence electrons. The van der Waals surface area contributed by atoms with E-state index in [0.717, 1.165) is 60.6 Å². The summed E-state index contributed by atoms with van der Waals surface area (Å²) in [4.78, 5) is 35.5. The third kappa shape index (κ3) is 4.87. The molecule has 4 aromatic rings. The number of aromatic nitrogens is 5. The highest BCUT2D eigenvalue weighted by Crippen LogP contribution is 2.32. The van der Waals surface area contributed by atoms with E-state index in [1.165, 1.54) is 0 Å². The van der Waals surface area contributed by atoms with Gasteiger partial charge in [-0.15, -0.1) is 0 Å². The molecule has 0 atom stereocenters. The lowest BCUT2D eigenvalue weighted by Gasteiger charge is -2.26. The van der Waals surface area contributed by atoms with Crippen LogP contribution in [0.4, 0.5) is 10.7 Å². The molecule has 4 heterocycles. The smallest absolute Gasteiger partial charge is 0.413 e. The zero-order valence-corrected chi connectivity index (χ0v) is 18.9. The molecule has 0 spiro atoms. The number of fused-ring (bicyclic) bond motifs is 1. The lowest BCUT2D eigenvalue weighted by Crippen LogP contribution is -2.43. The van der Waals surface area contributed by atoms with E-state index in [1.807, 2.05) is 18.3 Å². The highest BCUT2D eigenvalue weighted by molar-refractivity contribution is 5.96. The summed E-state index contributed by atoms with van der Waals surface area (Å²) in [5.41, 5.74) is 5.12. The van der Waals surface area contributed by atoms with Gasteiger partial charge in [0, 0.05) is 62.4 Å². The maximum Gasteiger partial charge on any atom is 0.413 e. The van der Waals surface area contributed by atoms with Crippen LogP contribution in [0, 0.1) is 0 Å². The van der Waals surface area contributed by atoms with Crippen molar-refractivity contribution in [2.75, 3.05) is 38.1 Å². The van der Waals surface area contributed by atoms with Crippen LogP contribution in [0.15, 0.2) is 48.9 Å². The summed E-state index contributed by atoms with van der Waals surface area (Å²) in [6, 6.07) is 9.88. The summed E-state index contributed by atoms with van der Waals surface area (Å²) in [6.07, 6.45) is 4.71. The summed E-state index contributed by atoms with van der Waals surface area (Å²) in [6.45, 7) is 6.95. The molecule has 1 aliphatic rings. The number of hydrogen-bond donors (Lipinski definition) is 3. The van der Waals surface area contributed by atoms with Gasteiger partial charge in [0.1, 0.15) is 0 Å². The second-order valence-corrected chi connectivity index (χ2v) is 7.99. The molecule has 10 nitrogen and oxygen atoms in total. The molecule has 3 N–H and O–H groups in total. The van der Waals surface area contributed by atoms with Gasteiger partial charge in [-0.2, -0.15) is 0 Å². The van der Waals surface area contributed by atoms with Crippen molar-refractivity contribution in [2.24, 2.45) is 0 Å². The predicted molar refractivity (Wildman–Crippen MR) is 129 cm³/mol. The molecular weight excluding hydrogens is 432 g/mol. The Morgan fingerprint density at radius 3 is 2.68 bits per heavy atom. The fraction of sp³-hybridized carbons (Fsp3) is 0.292. The number of pyridine rings is 1. The van der Waals surface area contributed by atoms with Crippen LogP contribution in [0.5, 0.6) is 0 Å². The number of anilines is 1. The average Bonchev–Trinajstić information content (AvgIpc) is 3.27. The summed E-state index contributed by atoms with van der Waals surface area (Å²) in [5.74, 6) is 0.858. The largest absolute Gasteiger partial charge is 0.450 e. The first-order valence-corrected chi connectivity index (χ1v) is 11.3. The van der Waals surface area contributed by atoms with Gasteiger partial charge in [-0.25, -0.2) is 19.7 Å². The maximum atomic E-state index is 11.9. The Labute approximate surface area is 196 Å². The molecule has 1 amide bonds. The van der Waals surface area contributed by atoms with Crippen molar-refractivity contribution in [3.05, 3.63) is 54.6 Å². The second-order valence-electron chi connectivity index (χ2n) is 7.99. The third-order valence-corrected chi connectivity index (χ3v) is 5.65. The number of imidazole rings is 1. The Balaban J connectivity index is 1.48. The van der Waals surface area contributed by atoms with Crippen molar-refractivity contribution in [3.63, 3.8) is 0 Å². The maximum absolute atomic E-state index is 11.9. The molecule has 10 heteroatoms. The SMILES string of the molecule is CCOC(=O)Nc1nc2cc(-c3ccc(CN4CCNCC4)nc3)cc(-c3ncccn3)c2[nH]1. The van der Waals surface area contributed by atoms with E-state index in [2.05, 4.69) is 47.6 Å². The molecule has 0 saturated carbocycles. The van der Waals surface area contributed by atoms with Gasteiger partial charge in [0.05, 0.1) is 23.3 Å². The lowest BCUT2D eigenvalue weighted by molar-refractivity contribution is 0.167. The van der Waals surface area contributed by atoms with Crippen molar-refractivity contribution in [2.45, 2.75) is 13.5 Å². The number of carbonyl (C=O) groups is 1. The Hall–Kier alpha value is -3.89. The number of amides is 1. The summed E-state index contributed by atoms with van der Waals surface area (Å²) < 4.78 is 4.97. The van der Waals surface area contributed by atoms with Gasteiger partial charge in [-0.3, -0.25) is 15.2 Å². The van der Waals surface area contributed by atoms with Gasteiger partial charge in [-0.1, -0.05) is 6.07 Å². The van der Waals surface area contributed by atoms with Crippen LogP contribution in [0.1, 0.15) is 12.6 Å². The van der Waals surface area contributed by atoms with E-state index in [-0.39, 0.29) is 6.61 Å². The second kappa shape index (κ2) is 9.94. The molecule has 1 aliphatic heterocycles. The van der Waals surface area contributed by atoms with Crippen LogP contribution in [-0.4, -0.2) is 68.7 Å². The molecule has 5 rings (SSSR count). The van der Waals surface area contributed by atoms with Gasteiger partial charge in [0.2, 0.25) is 5.95 Å². The molecule has 1 aromatic carbocycles. The first-order chi connectivity index (χ1) is 16.7. The molecular formula is C24H26N8O2. The van der Waals surface area contributed by atoms with Gasteiger partial charge in [0.25, 0.3) is 0 Å². The van der Waals surface area contributed by atoms with Crippen LogP contribution in [0.25, 0.3) is 33.5 Å². The number of piperazine rings is 1. The molecule has 34 heavy (non-hydrogen) atoms. The van der Waals surface area contributed by atoms with Crippen molar-refractivity contribution in [1.82, 2.24) is 35.1 Å². The number of ether oxygens (including phenoxy) is 1. The first-order valence-electron chi connectivity index (χ1n) is 11.3. The normalized spacial score (nSPS) is 14.3. The zero-order valence-electron chi connectivity index (χ0n) is 18.9. The van der Waals surface area contributed by atoms with Crippen molar-refractivity contribution in [1.29, 1.82) is 0 Å². The summed E-state index contributed by atoms with van der Waals surface area (Å²) in [7, 11) is 0. The van der Waals surface area contributed by atoms with Crippen LogP contribution in [0.2, 0.25) is 0 Å². The third-order valence-electron chi connectivity index (χ3n) is 5.65. The highest BCUT2D eigenvalue weighted by atomic mass is 16.5. The number of benzene rings is 1. The van der Waals surface area contributed by atoms with Crippen LogP contribution in [-0.2, 0) is 11.3 Å². The zero-order chi connectivity index (χ0) is 23.3. The fourth-order valence-electron chi connectivity index (χ4n) is 4.00. The Kier molecular flexibility index (Phi) is 6.41. The number of nitrogens with zero attached hydrogens (tertiary/aromatic N) is 5. The topological polar surface area (TPSA) is 121 Å². The minimum Gasteiger partial charge on any atom is -0.450 e. The predicted octanol–water partition coefficient (Wildman–Crippen LogP) is 3.06. The minimum absolute atomic E-state index is 0.275. The Bertz CT molecular complexity index is 1270. The quantitative estimate of drug-likeness (QED) is 0.403. The minimum atomic E-state index is -0.566. The van der Waals surface area contributed by atoms with Crippen LogP contribution in [0.3, 0.4) is 0 Å². The first kappa shape index (κ1) is 21.9. The van der Waals surface area contributed by atoms with Crippen molar-refractivity contribution >= 4 is 23.1 Å². The number of nitrogens with one attached hydrogen (secondary N) is 3. The molecule has 0 bridgehead atoms. The Morgan fingerprint density at radius 1 is 1.12 bits per heavy atom. The van der Waals surface area contributed by atoms with Gasteiger partial charge in [0.15, 0.2) is 5.82 Å². The van der Waals surface area contributed by atoms with Crippen LogP contribution >= 0.6 is 0 Å². The monoisotopic (exact) mass is 458 g/mol. The van der Waals surface area contributed by atoms with E-state index in [9.17, 15) is 4.79 Å². The number of hydrogen-bond acceptors (Lipinski definition) is 8. The number of carbonyl (C=O) groups excluding carboxylic acids is 1. The van der Waals surface area contributed by atoms with E-state index in [4.69, 9.17) is 9.72 Å². The Morgan fingerprint density at radius 2 is 1.94 bits per heavy atom. The van der Waals surface area contributed by atoms with Crippen molar-refractivity contribution in [3.8, 4) is 22.5 Å². The molecule has 1 saturated heterocycles. The average molecular weight is 459 g/mol.